The molecular weight excluding hydrogens is 404 g/mol. The highest BCUT2D eigenvalue weighted by Crippen LogP contribution is 2.32. The largest absolute Gasteiger partial charge is 0.485 e. The fourth-order valence-electron chi connectivity index (χ4n) is 4.73. The second-order valence-electron chi connectivity index (χ2n) is 8.77. The van der Waals surface area contributed by atoms with E-state index in [4.69, 9.17) is 4.74 Å². The highest BCUT2D eigenvalue weighted by molar-refractivity contribution is 5.72. The molecule has 2 aliphatic rings. The van der Waals surface area contributed by atoms with Crippen molar-refractivity contribution in [3.63, 3.8) is 0 Å². The number of hydrogen-bond acceptors (Lipinski definition) is 7. The molecule has 6 rings (SSSR count). The molecule has 4 aromatic rings. The van der Waals surface area contributed by atoms with Gasteiger partial charge in [-0.2, -0.15) is 15.3 Å². The van der Waals surface area contributed by atoms with Crippen LogP contribution in [0.25, 0.3) is 16.8 Å². The number of likely N-dealkylation sites (N-methyl/N-ethyl adjacent to an activating group) is 1. The maximum Gasteiger partial charge on any atom is 0.165 e. The van der Waals surface area contributed by atoms with Crippen molar-refractivity contribution in [2.45, 2.75) is 31.8 Å². The van der Waals surface area contributed by atoms with Crippen molar-refractivity contribution in [2.24, 2.45) is 7.05 Å². The van der Waals surface area contributed by atoms with Crippen LogP contribution in [-0.4, -0.2) is 60.7 Å². The van der Waals surface area contributed by atoms with Crippen molar-refractivity contribution in [1.82, 2.24) is 34.5 Å². The number of aryl methyl sites for hydroxylation is 3. The summed E-state index contributed by atoms with van der Waals surface area (Å²) >= 11 is 0. The van der Waals surface area contributed by atoms with E-state index in [0.717, 1.165) is 78.6 Å². The van der Waals surface area contributed by atoms with Gasteiger partial charge in [0.15, 0.2) is 17.4 Å². The van der Waals surface area contributed by atoms with Crippen LogP contribution in [0.3, 0.4) is 0 Å². The third-order valence-corrected chi connectivity index (χ3v) is 6.36. The summed E-state index contributed by atoms with van der Waals surface area (Å²) in [6.07, 6.45) is 8.26. The van der Waals surface area contributed by atoms with E-state index in [2.05, 4.69) is 49.8 Å². The second kappa shape index (κ2) is 7.59. The van der Waals surface area contributed by atoms with E-state index >= 15 is 0 Å². The summed E-state index contributed by atoms with van der Waals surface area (Å²) in [4.78, 5) is 2.29. The number of rotatable bonds is 5. The molecule has 0 spiro atoms. The van der Waals surface area contributed by atoms with Gasteiger partial charge in [0.25, 0.3) is 0 Å². The molecule has 1 atom stereocenters. The summed E-state index contributed by atoms with van der Waals surface area (Å²) in [5, 5.41) is 21.0. The van der Waals surface area contributed by atoms with E-state index in [1.165, 1.54) is 5.56 Å². The molecule has 0 radical (unpaired) electrons. The fourth-order valence-corrected chi connectivity index (χ4v) is 4.73. The molecule has 9 nitrogen and oxygen atoms in total. The van der Waals surface area contributed by atoms with Crippen molar-refractivity contribution in [1.29, 1.82) is 0 Å². The van der Waals surface area contributed by atoms with Gasteiger partial charge in [-0.3, -0.25) is 4.68 Å². The molecule has 5 heterocycles. The van der Waals surface area contributed by atoms with Crippen molar-refractivity contribution in [2.75, 3.05) is 25.5 Å². The Bertz CT molecular complexity index is 1290. The molecule has 32 heavy (non-hydrogen) atoms. The highest BCUT2D eigenvalue weighted by Gasteiger charge is 2.24. The number of fused-ring (bicyclic) bond motifs is 2. The third kappa shape index (κ3) is 3.48. The van der Waals surface area contributed by atoms with Gasteiger partial charge in [0.1, 0.15) is 11.8 Å². The monoisotopic (exact) mass is 430 g/mol. The molecule has 9 heteroatoms. The first-order valence-corrected chi connectivity index (χ1v) is 11.1. The van der Waals surface area contributed by atoms with Gasteiger partial charge < -0.3 is 15.0 Å². The maximum atomic E-state index is 6.31. The van der Waals surface area contributed by atoms with E-state index in [-0.39, 0.29) is 6.10 Å². The van der Waals surface area contributed by atoms with Crippen LogP contribution in [0.2, 0.25) is 0 Å². The molecule has 1 N–H and O–H groups in total. The standard InChI is InChI=1S/C23H26N8O/c1-29-8-7-18(14-29)32-20-13-24-30(2)23(20)16-6-9-31-17(10-16)12-22(28-31)25-21-11-15-4-3-5-19(15)26-27-21/h6,9-13,18H,3-5,7-8,14H2,1-2H3,(H,25,27,28)/t18-/m0/s1. The van der Waals surface area contributed by atoms with Crippen LogP contribution >= 0.6 is 0 Å². The van der Waals surface area contributed by atoms with Gasteiger partial charge in [0.2, 0.25) is 0 Å². The Labute approximate surface area is 186 Å². The lowest BCUT2D eigenvalue weighted by atomic mass is 10.1. The van der Waals surface area contributed by atoms with Gasteiger partial charge in [0, 0.05) is 38.0 Å². The number of hydrogen-bond donors (Lipinski definition) is 1. The molecule has 1 fully saturated rings. The lowest BCUT2D eigenvalue weighted by Gasteiger charge is -2.14. The van der Waals surface area contributed by atoms with Crippen LogP contribution in [0.1, 0.15) is 24.1 Å². The minimum Gasteiger partial charge on any atom is -0.485 e. The zero-order chi connectivity index (χ0) is 21.7. The lowest BCUT2D eigenvalue weighted by Crippen LogP contribution is -2.21. The first-order chi connectivity index (χ1) is 15.6. The maximum absolute atomic E-state index is 6.31. The van der Waals surface area contributed by atoms with Crippen molar-refractivity contribution < 1.29 is 4.74 Å². The fraction of sp³-hybridized carbons (Fsp3) is 0.391. The van der Waals surface area contributed by atoms with Crippen molar-refractivity contribution in [3.05, 3.63) is 47.9 Å². The Morgan fingerprint density at radius 3 is 2.91 bits per heavy atom. The Morgan fingerprint density at radius 1 is 1.09 bits per heavy atom. The summed E-state index contributed by atoms with van der Waals surface area (Å²) < 4.78 is 10.0. The molecule has 164 valence electrons. The van der Waals surface area contributed by atoms with Gasteiger partial charge in [-0.1, -0.05) is 0 Å². The zero-order valence-corrected chi connectivity index (χ0v) is 18.3. The van der Waals surface area contributed by atoms with Gasteiger partial charge in [-0.15, -0.1) is 5.10 Å². The first kappa shape index (κ1) is 19.2. The van der Waals surface area contributed by atoms with Gasteiger partial charge in [0.05, 0.1) is 17.4 Å². The highest BCUT2D eigenvalue weighted by atomic mass is 16.5. The number of pyridine rings is 1. The molecule has 0 aromatic carbocycles. The predicted octanol–water partition coefficient (Wildman–Crippen LogP) is 2.84. The summed E-state index contributed by atoms with van der Waals surface area (Å²) in [7, 11) is 4.07. The molecule has 4 aromatic heterocycles. The van der Waals surface area contributed by atoms with Crippen LogP contribution in [-0.2, 0) is 19.9 Å². The average molecular weight is 431 g/mol. The number of likely N-dealkylation sites (tertiary alicyclic amines) is 1. The van der Waals surface area contributed by atoms with Crippen LogP contribution < -0.4 is 10.1 Å². The zero-order valence-electron chi connectivity index (χ0n) is 18.3. The second-order valence-corrected chi connectivity index (χ2v) is 8.77. The predicted molar refractivity (Wildman–Crippen MR) is 121 cm³/mol. The smallest absolute Gasteiger partial charge is 0.165 e. The molecular formula is C23H26N8O. The van der Waals surface area contributed by atoms with Crippen molar-refractivity contribution in [3.8, 4) is 17.0 Å². The summed E-state index contributed by atoms with van der Waals surface area (Å²) in [6, 6.07) is 8.26. The number of aromatic nitrogens is 6. The molecule has 0 saturated carbocycles. The van der Waals surface area contributed by atoms with E-state index < -0.39 is 0 Å². The van der Waals surface area contributed by atoms with Crippen molar-refractivity contribution >= 4 is 17.2 Å². The third-order valence-electron chi connectivity index (χ3n) is 6.36. The molecule has 1 aliphatic carbocycles. The number of nitrogens with one attached hydrogen (secondary N) is 1. The minimum atomic E-state index is 0.200. The molecule has 1 saturated heterocycles. The first-order valence-electron chi connectivity index (χ1n) is 11.1. The van der Waals surface area contributed by atoms with E-state index in [1.54, 1.807) is 0 Å². The van der Waals surface area contributed by atoms with Gasteiger partial charge in [-0.05, 0) is 56.5 Å². The topological polar surface area (TPSA) is 85.4 Å². The van der Waals surface area contributed by atoms with E-state index in [9.17, 15) is 0 Å². The molecule has 0 unspecified atom stereocenters. The van der Waals surface area contributed by atoms with E-state index in [0.29, 0.717) is 0 Å². The van der Waals surface area contributed by atoms with Crippen LogP contribution in [0.15, 0.2) is 36.7 Å². The number of ether oxygens (including phenoxy) is 1. The lowest BCUT2D eigenvalue weighted by molar-refractivity contribution is 0.209. The van der Waals surface area contributed by atoms with Gasteiger partial charge in [-0.25, -0.2) is 4.52 Å². The van der Waals surface area contributed by atoms with Crippen LogP contribution in [0, 0.1) is 0 Å². The van der Waals surface area contributed by atoms with E-state index in [1.807, 2.05) is 40.8 Å². The Morgan fingerprint density at radius 2 is 2.03 bits per heavy atom. The molecule has 0 amide bonds. The average Bonchev–Trinajstić information content (AvgIpc) is 3.55. The van der Waals surface area contributed by atoms with Crippen LogP contribution in [0.4, 0.5) is 11.6 Å². The number of nitrogens with zero attached hydrogens (tertiary/aromatic N) is 7. The normalized spacial score (nSPS) is 18.4. The molecule has 1 aliphatic heterocycles. The van der Waals surface area contributed by atoms with Gasteiger partial charge >= 0.3 is 0 Å². The summed E-state index contributed by atoms with van der Waals surface area (Å²) in [6.45, 7) is 2.00. The number of anilines is 2. The minimum absolute atomic E-state index is 0.200. The Kier molecular flexibility index (Phi) is 4.57. The quantitative estimate of drug-likeness (QED) is 0.521. The summed E-state index contributed by atoms with van der Waals surface area (Å²) in [5.41, 5.74) is 5.40. The SMILES string of the molecule is CN1CC[C@H](Oc2cnn(C)c2-c2ccn3nc(Nc4cc5c(nn4)CCC5)cc3c2)C1. The Balaban J connectivity index is 1.27. The molecule has 0 bridgehead atoms. The Hall–Kier alpha value is -3.46. The van der Waals surface area contributed by atoms with Crippen LogP contribution in [0.5, 0.6) is 5.75 Å². The summed E-state index contributed by atoms with van der Waals surface area (Å²) in [5.74, 6) is 2.30.